The number of nitrogens with two attached hydrogens (primary N) is 2. The molecule has 15 heavy (non-hydrogen) atoms. The Morgan fingerprint density at radius 2 is 1.93 bits per heavy atom. The smallest absolute Gasteiger partial charge is 0.334 e. The predicted octanol–water partition coefficient (Wildman–Crippen LogP) is 1.31. The summed E-state index contributed by atoms with van der Waals surface area (Å²) in [6.07, 6.45) is 0. The molecule has 0 saturated carbocycles. The first-order valence-electron chi connectivity index (χ1n) is 4.19. The lowest BCUT2D eigenvalue weighted by Gasteiger charge is -2.04. The van der Waals surface area contributed by atoms with Crippen LogP contribution in [0.4, 0.5) is 17.2 Å². The van der Waals surface area contributed by atoms with E-state index in [9.17, 15) is 10.1 Å². The Bertz CT molecular complexity index is 553. The van der Waals surface area contributed by atoms with Crippen molar-refractivity contribution < 1.29 is 4.92 Å². The summed E-state index contributed by atoms with van der Waals surface area (Å²) in [6, 6.07) is 6.87. The topological polar surface area (TPSA) is 108 Å². The normalized spacial score (nSPS) is 10.4. The van der Waals surface area contributed by atoms with Gasteiger partial charge < -0.3 is 11.5 Å². The van der Waals surface area contributed by atoms with Gasteiger partial charge in [0.05, 0.1) is 10.4 Å². The zero-order valence-electron chi connectivity index (χ0n) is 7.68. The Labute approximate surface area is 84.7 Å². The molecule has 0 atom stereocenters. The number of para-hydroxylation sites is 1. The Balaban J connectivity index is 2.90. The van der Waals surface area contributed by atoms with Crippen LogP contribution in [-0.4, -0.2) is 9.91 Å². The number of nitro groups is 1. The number of hydrogen-bond donors (Lipinski definition) is 2. The van der Waals surface area contributed by atoms with Crippen molar-refractivity contribution in [2.45, 2.75) is 0 Å². The van der Waals surface area contributed by atoms with Crippen LogP contribution in [0.5, 0.6) is 0 Å². The van der Waals surface area contributed by atoms with E-state index in [0.29, 0.717) is 10.9 Å². The number of nitrogen functional groups attached to an aromatic ring is 2. The number of fused-ring (bicyclic) bond motifs is 1. The zero-order valence-corrected chi connectivity index (χ0v) is 7.68. The van der Waals surface area contributed by atoms with Crippen molar-refractivity contribution in [3.05, 3.63) is 34.4 Å². The van der Waals surface area contributed by atoms with E-state index in [-0.39, 0.29) is 17.2 Å². The quantitative estimate of drug-likeness (QED) is 0.537. The number of benzene rings is 1. The van der Waals surface area contributed by atoms with Crippen molar-refractivity contribution in [1.29, 1.82) is 0 Å². The van der Waals surface area contributed by atoms with Crippen LogP contribution in [0.3, 0.4) is 0 Å². The number of nitrogens with zero attached hydrogens (tertiary/aromatic N) is 2. The lowest BCUT2D eigenvalue weighted by atomic mass is 10.1. The van der Waals surface area contributed by atoms with Gasteiger partial charge in [-0.2, -0.15) is 0 Å². The maximum absolute atomic E-state index is 10.7. The van der Waals surface area contributed by atoms with Crippen LogP contribution in [0.15, 0.2) is 24.3 Å². The average Bonchev–Trinajstić information content (AvgIpc) is 2.17. The molecule has 0 amide bonds. The van der Waals surface area contributed by atoms with E-state index >= 15 is 0 Å². The van der Waals surface area contributed by atoms with Gasteiger partial charge >= 0.3 is 5.69 Å². The molecule has 1 aromatic heterocycles. The van der Waals surface area contributed by atoms with Gasteiger partial charge in [-0.25, -0.2) is 4.98 Å². The van der Waals surface area contributed by atoms with E-state index in [2.05, 4.69) is 4.98 Å². The Hall–Kier alpha value is -2.37. The maximum Gasteiger partial charge on any atom is 0.334 e. The Morgan fingerprint density at radius 3 is 2.60 bits per heavy atom. The molecule has 2 rings (SSSR count). The zero-order chi connectivity index (χ0) is 11.0. The molecule has 0 aliphatic carbocycles. The van der Waals surface area contributed by atoms with Crippen molar-refractivity contribution in [2.75, 3.05) is 11.5 Å². The van der Waals surface area contributed by atoms with E-state index in [1.807, 2.05) is 0 Å². The summed E-state index contributed by atoms with van der Waals surface area (Å²) in [5.74, 6) is -0.156. The molecule has 0 unspecified atom stereocenters. The minimum Gasteiger partial charge on any atom is -0.392 e. The fourth-order valence-electron chi connectivity index (χ4n) is 1.44. The number of hydrogen-bond acceptors (Lipinski definition) is 5. The van der Waals surface area contributed by atoms with E-state index in [4.69, 9.17) is 11.5 Å². The number of aromatic nitrogens is 1. The molecule has 0 radical (unpaired) electrons. The SMILES string of the molecule is Nc1nc2ccccc2c(N)c1[N+](=O)[O-]. The van der Waals surface area contributed by atoms with Gasteiger partial charge in [0.2, 0.25) is 5.82 Å². The van der Waals surface area contributed by atoms with Gasteiger partial charge in [0.15, 0.2) is 0 Å². The van der Waals surface area contributed by atoms with Gasteiger partial charge in [-0.15, -0.1) is 0 Å². The van der Waals surface area contributed by atoms with Gasteiger partial charge in [0, 0.05) is 5.39 Å². The highest BCUT2D eigenvalue weighted by Gasteiger charge is 2.20. The summed E-state index contributed by atoms with van der Waals surface area (Å²) >= 11 is 0. The summed E-state index contributed by atoms with van der Waals surface area (Å²) in [7, 11) is 0. The van der Waals surface area contributed by atoms with E-state index in [1.54, 1.807) is 24.3 Å². The van der Waals surface area contributed by atoms with E-state index in [1.165, 1.54) is 0 Å². The molecule has 6 heteroatoms. The molecule has 0 fully saturated rings. The van der Waals surface area contributed by atoms with Crippen LogP contribution in [-0.2, 0) is 0 Å². The lowest BCUT2D eigenvalue weighted by Crippen LogP contribution is -2.03. The molecule has 2 aromatic rings. The fourth-order valence-corrected chi connectivity index (χ4v) is 1.44. The third-order valence-electron chi connectivity index (χ3n) is 2.12. The minimum absolute atomic E-state index is 0.0584. The highest BCUT2D eigenvalue weighted by Crippen LogP contribution is 2.33. The summed E-state index contributed by atoms with van der Waals surface area (Å²) < 4.78 is 0. The van der Waals surface area contributed by atoms with Crippen LogP contribution in [0.2, 0.25) is 0 Å². The highest BCUT2D eigenvalue weighted by atomic mass is 16.6. The van der Waals surface area contributed by atoms with Gasteiger partial charge in [0.25, 0.3) is 0 Å². The van der Waals surface area contributed by atoms with Crippen molar-refractivity contribution in [3.8, 4) is 0 Å². The second kappa shape index (κ2) is 3.09. The van der Waals surface area contributed by atoms with Gasteiger partial charge in [0.1, 0.15) is 5.69 Å². The second-order valence-corrected chi connectivity index (χ2v) is 3.03. The molecule has 0 aliphatic rings. The molecule has 0 spiro atoms. The first-order valence-corrected chi connectivity index (χ1v) is 4.19. The van der Waals surface area contributed by atoms with Gasteiger partial charge in [-0.3, -0.25) is 10.1 Å². The van der Waals surface area contributed by atoms with Crippen LogP contribution in [0.25, 0.3) is 10.9 Å². The third kappa shape index (κ3) is 1.32. The second-order valence-electron chi connectivity index (χ2n) is 3.03. The average molecular weight is 204 g/mol. The van der Waals surface area contributed by atoms with Crippen LogP contribution >= 0.6 is 0 Å². The summed E-state index contributed by atoms with van der Waals surface area (Å²) in [6.45, 7) is 0. The molecule has 6 nitrogen and oxygen atoms in total. The van der Waals surface area contributed by atoms with Gasteiger partial charge in [-0.05, 0) is 6.07 Å². The Kier molecular flexibility index (Phi) is 1.89. The third-order valence-corrected chi connectivity index (χ3v) is 2.12. The van der Waals surface area contributed by atoms with Crippen LogP contribution in [0.1, 0.15) is 0 Å². The van der Waals surface area contributed by atoms with Gasteiger partial charge in [-0.1, -0.05) is 18.2 Å². The lowest BCUT2D eigenvalue weighted by molar-refractivity contribution is -0.383. The fraction of sp³-hybridized carbons (Fsp3) is 0. The predicted molar refractivity (Wildman–Crippen MR) is 57.2 cm³/mol. The first kappa shape index (κ1) is 9.20. The van der Waals surface area contributed by atoms with Crippen LogP contribution in [0, 0.1) is 10.1 Å². The maximum atomic E-state index is 10.7. The van der Waals surface area contributed by atoms with Crippen molar-refractivity contribution in [1.82, 2.24) is 4.98 Å². The summed E-state index contributed by atoms with van der Waals surface area (Å²) in [4.78, 5) is 14.0. The van der Waals surface area contributed by atoms with E-state index in [0.717, 1.165) is 0 Å². The highest BCUT2D eigenvalue weighted by molar-refractivity contribution is 5.97. The van der Waals surface area contributed by atoms with Crippen molar-refractivity contribution in [3.63, 3.8) is 0 Å². The molecule has 76 valence electrons. The van der Waals surface area contributed by atoms with Crippen molar-refractivity contribution in [2.24, 2.45) is 0 Å². The number of pyridine rings is 1. The van der Waals surface area contributed by atoms with E-state index < -0.39 is 4.92 Å². The first-order chi connectivity index (χ1) is 7.11. The molecular weight excluding hydrogens is 196 g/mol. The molecule has 0 saturated heterocycles. The molecule has 1 aromatic carbocycles. The largest absolute Gasteiger partial charge is 0.392 e. The minimum atomic E-state index is -0.621. The standard InChI is InChI=1S/C9H8N4O2/c10-7-5-3-1-2-4-6(5)12-9(11)8(7)13(14)15/h1-4H,(H4,10,11,12). The summed E-state index contributed by atoms with van der Waals surface area (Å²) in [5.41, 5.74) is 11.4. The van der Waals surface area contributed by atoms with Crippen LogP contribution < -0.4 is 11.5 Å². The molecule has 0 bridgehead atoms. The molecule has 1 heterocycles. The molecular formula is C9H8N4O2. The number of anilines is 2. The number of rotatable bonds is 1. The summed E-state index contributed by atoms with van der Waals surface area (Å²) in [5, 5.41) is 11.2. The molecule has 4 N–H and O–H groups in total. The monoisotopic (exact) mass is 204 g/mol. The molecule has 0 aliphatic heterocycles. The van der Waals surface area contributed by atoms with Crippen molar-refractivity contribution >= 4 is 28.1 Å². The Morgan fingerprint density at radius 1 is 1.27 bits per heavy atom.